The number of aliphatic hydroxyl groups excluding tert-OH is 1. The summed E-state index contributed by atoms with van der Waals surface area (Å²) in [5, 5.41) is 9.16. The first kappa shape index (κ1) is 30.7. The molecule has 1 N–H and O–H groups in total. The van der Waals surface area contributed by atoms with E-state index in [1.54, 1.807) is 0 Å². The average molecular weight is 431 g/mol. The van der Waals surface area contributed by atoms with Gasteiger partial charge in [0.1, 0.15) is 0 Å². The fourth-order valence-corrected chi connectivity index (χ4v) is 4.38. The zero-order chi connectivity index (χ0) is 19.7. The van der Waals surface area contributed by atoms with Gasteiger partial charge in [0.2, 0.25) is 0 Å². The van der Waals surface area contributed by atoms with Crippen LogP contribution >= 0.6 is 0 Å². The molecule has 27 heavy (non-hydrogen) atoms. The molecule has 0 saturated heterocycles. The summed E-state index contributed by atoms with van der Waals surface area (Å²) in [5.74, 6) is 0. The molecule has 0 saturated carbocycles. The maximum atomic E-state index is 11.5. The van der Waals surface area contributed by atoms with Crippen LogP contribution in [0.3, 0.4) is 0 Å². The zero-order valence-corrected chi connectivity index (χ0v) is 22.2. The third-order valence-electron chi connectivity index (χ3n) is 5.24. The quantitative estimate of drug-likeness (QED) is 0.194. The van der Waals surface area contributed by atoms with Crippen LogP contribution in [0.15, 0.2) is 0 Å². The Hall–Kier alpha value is 1.51. The van der Waals surface area contributed by atoms with Crippen LogP contribution in [0.2, 0.25) is 0 Å². The maximum Gasteiger partial charge on any atom is 1.00 e. The standard InChI is InChI=1S/C21H44O4S.K/c1-3-5-7-8-9-10-11-13-18-21(26(23,24)25)19-15-14-17-20(22)16-12-6-4-2;/h20-22H,3-19H2,1-2H3,(H,23,24,25);/q;+1/p-1. The number of unbranched alkanes of at least 4 members (excludes halogenated alkanes) is 10. The van der Waals surface area contributed by atoms with Crippen molar-refractivity contribution in [1.29, 1.82) is 0 Å². The molecule has 4 nitrogen and oxygen atoms in total. The minimum atomic E-state index is -4.20. The van der Waals surface area contributed by atoms with Gasteiger partial charge in [-0.3, -0.25) is 0 Å². The summed E-state index contributed by atoms with van der Waals surface area (Å²) in [7, 11) is -4.20. The summed E-state index contributed by atoms with van der Waals surface area (Å²) in [5.41, 5.74) is 0. The van der Waals surface area contributed by atoms with Gasteiger partial charge in [-0.2, -0.15) is 0 Å². The summed E-state index contributed by atoms with van der Waals surface area (Å²) in [4.78, 5) is 0. The molecule has 0 aliphatic heterocycles. The van der Waals surface area contributed by atoms with Gasteiger partial charge in [0.15, 0.2) is 0 Å². The van der Waals surface area contributed by atoms with E-state index in [0.29, 0.717) is 25.7 Å². The van der Waals surface area contributed by atoms with Crippen molar-refractivity contribution in [3.63, 3.8) is 0 Å². The average Bonchev–Trinajstić information content (AvgIpc) is 2.58. The largest absolute Gasteiger partial charge is 1.00 e. The van der Waals surface area contributed by atoms with E-state index in [1.807, 2.05) is 0 Å². The molecule has 0 radical (unpaired) electrons. The minimum Gasteiger partial charge on any atom is -0.748 e. The molecular weight excluding hydrogens is 387 g/mol. The Bertz CT molecular complexity index is 401. The van der Waals surface area contributed by atoms with E-state index in [1.165, 1.54) is 32.1 Å². The summed E-state index contributed by atoms with van der Waals surface area (Å²) in [6.45, 7) is 4.35. The first-order valence-electron chi connectivity index (χ1n) is 11.0. The van der Waals surface area contributed by atoms with E-state index in [0.717, 1.165) is 51.4 Å². The topological polar surface area (TPSA) is 77.4 Å². The Morgan fingerprint density at radius 3 is 1.48 bits per heavy atom. The normalized spacial score (nSPS) is 13.9. The van der Waals surface area contributed by atoms with Crippen molar-refractivity contribution in [2.45, 2.75) is 134 Å². The smallest absolute Gasteiger partial charge is 0.748 e. The van der Waals surface area contributed by atoms with Crippen LogP contribution in [-0.4, -0.2) is 29.4 Å². The van der Waals surface area contributed by atoms with Crippen LogP contribution in [-0.2, 0) is 10.1 Å². The van der Waals surface area contributed by atoms with Crippen molar-refractivity contribution in [3.05, 3.63) is 0 Å². The molecule has 0 aromatic heterocycles. The number of rotatable bonds is 19. The second kappa shape index (κ2) is 20.8. The van der Waals surface area contributed by atoms with Crippen LogP contribution in [0, 0.1) is 0 Å². The van der Waals surface area contributed by atoms with Crippen molar-refractivity contribution in [1.82, 2.24) is 0 Å². The molecule has 0 spiro atoms. The monoisotopic (exact) mass is 430 g/mol. The van der Waals surface area contributed by atoms with Crippen LogP contribution in [0.25, 0.3) is 0 Å². The molecule has 0 bridgehead atoms. The maximum absolute atomic E-state index is 11.5. The molecule has 0 amide bonds. The van der Waals surface area contributed by atoms with Crippen LogP contribution in [0.5, 0.6) is 0 Å². The molecular formula is C21H43KO4S. The summed E-state index contributed by atoms with van der Waals surface area (Å²) < 4.78 is 34.4. The Labute approximate surface area is 211 Å². The molecule has 0 rings (SSSR count). The second-order valence-electron chi connectivity index (χ2n) is 7.81. The Balaban J connectivity index is 0. The predicted molar refractivity (Wildman–Crippen MR) is 109 cm³/mol. The number of hydrogen-bond acceptors (Lipinski definition) is 4. The molecule has 0 aromatic rings. The summed E-state index contributed by atoms with van der Waals surface area (Å²) in [6, 6.07) is 0. The Morgan fingerprint density at radius 2 is 1.00 bits per heavy atom. The molecule has 2 unspecified atom stereocenters. The van der Waals surface area contributed by atoms with Crippen LogP contribution < -0.4 is 51.4 Å². The van der Waals surface area contributed by atoms with Crippen molar-refractivity contribution in [2.75, 3.05) is 0 Å². The van der Waals surface area contributed by atoms with Gasteiger partial charge in [0.05, 0.1) is 16.2 Å². The Kier molecular flexibility index (Phi) is 23.6. The van der Waals surface area contributed by atoms with Crippen molar-refractivity contribution < 1.29 is 69.5 Å². The first-order chi connectivity index (χ1) is 12.4. The van der Waals surface area contributed by atoms with Gasteiger partial charge in [-0.05, 0) is 25.7 Å². The van der Waals surface area contributed by atoms with Crippen molar-refractivity contribution >= 4 is 10.1 Å². The van der Waals surface area contributed by atoms with Gasteiger partial charge in [0.25, 0.3) is 0 Å². The number of hydrogen-bond donors (Lipinski definition) is 1. The van der Waals surface area contributed by atoms with E-state index >= 15 is 0 Å². The molecule has 0 aromatic carbocycles. The molecule has 0 fully saturated rings. The number of aliphatic hydroxyl groups is 1. The molecule has 0 aliphatic rings. The molecule has 0 aliphatic carbocycles. The van der Waals surface area contributed by atoms with Gasteiger partial charge in [-0.25, -0.2) is 8.42 Å². The molecule has 2 atom stereocenters. The molecule has 6 heteroatoms. The van der Waals surface area contributed by atoms with Crippen molar-refractivity contribution in [2.24, 2.45) is 0 Å². The second-order valence-corrected chi connectivity index (χ2v) is 9.46. The minimum absolute atomic E-state index is 0. The van der Waals surface area contributed by atoms with E-state index in [4.69, 9.17) is 0 Å². The molecule has 158 valence electrons. The fraction of sp³-hybridized carbons (Fsp3) is 1.00. The molecule has 0 heterocycles. The predicted octanol–water partition coefficient (Wildman–Crippen LogP) is 2.94. The van der Waals surface area contributed by atoms with Gasteiger partial charge in [0, 0.05) is 5.25 Å². The van der Waals surface area contributed by atoms with Crippen LogP contribution in [0.4, 0.5) is 0 Å². The van der Waals surface area contributed by atoms with Gasteiger partial charge in [-0.15, -0.1) is 0 Å². The third-order valence-corrected chi connectivity index (χ3v) is 6.53. The van der Waals surface area contributed by atoms with Gasteiger partial charge < -0.3 is 9.66 Å². The summed E-state index contributed by atoms with van der Waals surface area (Å²) >= 11 is 0. The van der Waals surface area contributed by atoms with E-state index in [-0.39, 0.29) is 57.5 Å². The van der Waals surface area contributed by atoms with E-state index in [9.17, 15) is 18.1 Å². The first-order valence-corrected chi connectivity index (χ1v) is 12.5. The van der Waals surface area contributed by atoms with E-state index in [2.05, 4.69) is 13.8 Å². The SMILES string of the molecule is CCCCCCCCCCC(CCCCC(O)CCCCC)S(=O)(=O)[O-].[K+]. The van der Waals surface area contributed by atoms with Crippen molar-refractivity contribution in [3.8, 4) is 0 Å². The summed E-state index contributed by atoms with van der Waals surface area (Å²) in [6.07, 6.45) is 16.4. The Morgan fingerprint density at radius 1 is 0.667 bits per heavy atom. The van der Waals surface area contributed by atoms with Gasteiger partial charge >= 0.3 is 51.4 Å². The van der Waals surface area contributed by atoms with Crippen LogP contribution in [0.1, 0.15) is 123 Å². The van der Waals surface area contributed by atoms with E-state index < -0.39 is 15.4 Å². The fourth-order valence-electron chi connectivity index (χ4n) is 3.47. The van der Waals surface area contributed by atoms with Gasteiger partial charge in [-0.1, -0.05) is 97.3 Å². The zero-order valence-electron chi connectivity index (χ0n) is 18.3. The third kappa shape index (κ3) is 20.6.